The van der Waals surface area contributed by atoms with Gasteiger partial charge >= 0.3 is 0 Å². The first-order chi connectivity index (χ1) is 9.38. The lowest BCUT2D eigenvalue weighted by molar-refractivity contribution is 0.0945. The van der Waals surface area contributed by atoms with Crippen LogP contribution in [0, 0.1) is 6.92 Å². The molecule has 0 spiro atoms. The lowest BCUT2D eigenvalue weighted by Gasteiger charge is -2.07. The highest BCUT2D eigenvalue weighted by Crippen LogP contribution is 2.24. The lowest BCUT2D eigenvalue weighted by atomic mass is 10.1. The smallest absolute Gasteiger partial charge is 0.266 e. The molecule has 20 heavy (non-hydrogen) atoms. The molecule has 0 fully saturated rings. The van der Waals surface area contributed by atoms with Crippen molar-refractivity contribution in [1.29, 1.82) is 0 Å². The molecule has 1 aromatic carbocycles. The summed E-state index contributed by atoms with van der Waals surface area (Å²) in [5.41, 5.74) is 3.53. The molecule has 1 heterocycles. The average molecular weight is 331 g/mol. The summed E-state index contributed by atoms with van der Waals surface area (Å²) in [6, 6.07) is 9.60. The van der Waals surface area contributed by atoms with E-state index >= 15 is 0 Å². The van der Waals surface area contributed by atoms with Gasteiger partial charge in [-0.3, -0.25) is 10.2 Å². The van der Waals surface area contributed by atoms with E-state index in [-0.39, 0.29) is 4.21 Å². The molecular formula is C12H11ClN2O3S2. The fourth-order valence-electron chi connectivity index (χ4n) is 1.38. The van der Waals surface area contributed by atoms with E-state index < -0.39 is 15.9 Å². The number of rotatable bonds is 4. The highest BCUT2D eigenvalue weighted by Gasteiger charge is 2.17. The van der Waals surface area contributed by atoms with E-state index in [9.17, 15) is 13.2 Å². The van der Waals surface area contributed by atoms with Crippen LogP contribution in [-0.2, 0) is 10.0 Å². The summed E-state index contributed by atoms with van der Waals surface area (Å²) >= 11 is 6.59. The Bertz CT molecular complexity index is 723. The number of halogens is 1. The van der Waals surface area contributed by atoms with Gasteiger partial charge in [0.15, 0.2) is 0 Å². The number of hydrogen-bond donors (Lipinski definition) is 2. The van der Waals surface area contributed by atoms with Crippen molar-refractivity contribution >= 4 is 38.9 Å². The molecule has 0 bridgehead atoms. The summed E-state index contributed by atoms with van der Waals surface area (Å²) in [6.45, 7) is 1.89. The molecule has 106 valence electrons. The Morgan fingerprint density at radius 3 is 2.35 bits per heavy atom. The normalized spacial score (nSPS) is 11.3. The van der Waals surface area contributed by atoms with E-state index in [2.05, 4.69) is 5.43 Å². The highest BCUT2D eigenvalue weighted by molar-refractivity contribution is 7.91. The summed E-state index contributed by atoms with van der Waals surface area (Å²) in [5.74, 6) is -0.531. The van der Waals surface area contributed by atoms with Gasteiger partial charge in [0.2, 0.25) is 0 Å². The molecule has 0 unspecified atom stereocenters. The Labute approximate surface area is 125 Å². The minimum absolute atomic E-state index is 0.0340. The van der Waals surface area contributed by atoms with Crippen LogP contribution in [0.2, 0.25) is 4.34 Å². The van der Waals surface area contributed by atoms with Gasteiger partial charge in [0.1, 0.15) is 4.21 Å². The van der Waals surface area contributed by atoms with E-state index in [0.717, 1.165) is 16.9 Å². The Kier molecular flexibility index (Phi) is 4.44. The maximum atomic E-state index is 11.9. The zero-order valence-corrected chi connectivity index (χ0v) is 12.8. The number of sulfonamides is 1. The maximum Gasteiger partial charge on any atom is 0.266 e. The Balaban J connectivity index is 2.05. The zero-order valence-electron chi connectivity index (χ0n) is 10.4. The minimum atomic E-state index is -3.80. The van der Waals surface area contributed by atoms with Crippen molar-refractivity contribution in [2.24, 2.45) is 0 Å². The largest absolute Gasteiger partial charge is 0.273 e. The first-order valence-electron chi connectivity index (χ1n) is 5.52. The second-order valence-electron chi connectivity index (χ2n) is 3.98. The van der Waals surface area contributed by atoms with Crippen molar-refractivity contribution in [3.8, 4) is 0 Å². The Morgan fingerprint density at radius 1 is 1.15 bits per heavy atom. The van der Waals surface area contributed by atoms with Gasteiger partial charge in [-0.15, -0.1) is 16.2 Å². The number of amides is 1. The second kappa shape index (κ2) is 5.92. The van der Waals surface area contributed by atoms with Crippen molar-refractivity contribution in [2.75, 3.05) is 0 Å². The molecule has 0 aliphatic carbocycles. The van der Waals surface area contributed by atoms with Crippen molar-refractivity contribution < 1.29 is 13.2 Å². The number of thiophene rings is 1. The highest BCUT2D eigenvalue weighted by atomic mass is 35.5. The van der Waals surface area contributed by atoms with Gasteiger partial charge in [-0.1, -0.05) is 29.3 Å². The Hall–Kier alpha value is -1.41. The number of carbonyl (C=O) groups excluding carboxylic acids is 1. The third kappa shape index (κ3) is 3.57. The van der Waals surface area contributed by atoms with Gasteiger partial charge < -0.3 is 0 Å². The Morgan fingerprint density at radius 2 is 1.80 bits per heavy atom. The number of nitrogens with one attached hydrogen (secondary N) is 2. The van der Waals surface area contributed by atoms with Gasteiger partial charge in [0.25, 0.3) is 15.9 Å². The van der Waals surface area contributed by atoms with Crippen LogP contribution in [0.15, 0.2) is 40.6 Å². The molecular weight excluding hydrogens is 320 g/mol. The fraction of sp³-hybridized carbons (Fsp3) is 0.0833. The minimum Gasteiger partial charge on any atom is -0.273 e. The van der Waals surface area contributed by atoms with Gasteiger partial charge in [-0.2, -0.15) is 0 Å². The van der Waals surface area contributed by atoms with Crippen molar-refractivity contribution in [2.45, 2.75) is 11.1 Å². The molecule has 0 aliphatic heterocycles. The molecule has 2 rings (SSSR count). The van der Waals surface area contributed by atoms with Crippen molar-refractivity contribution in [1.82, 2.24) is 10.3 Å². The lowest BCUT2D eigenvalue weighted by Crippen LogP contribution is -2.41. The predicted molar refractivity (Wildman–Crippen MR) is 78.3 cm³/mol. The topological polar surface area (TPSA) is 75.3 Å². The second-order valence-corrected chi connectivity index (χ2v) is 7.61. The monoisotopic (exact) mass is 330 g/mol. The number of aryl methyl sites for hydroxylation is 1. The van der Waals surface area contributed by atoms with Crippen molar-refractivity contribution in [3.05, 3.63) is 51.9 Å². The van der Waals surface area contributed by atoms with E-state index in [1.165, 1.54) is 12.1 Å². The third-order valence-corrected chi connectivity index (χ3v) is 5.40. The number of carbonyl (C=O) groups is 1. The van der Waals surface area contributed by atoms with Gasteiger partial charge in [-0.05, 0) is 31.2 Å². The molecule has 0 aliphatic rings. The maximum absolute atomic E-state index is 11.9. The van der Waals surface area contributed by atoms with Crippen LogP contribution in [0.1, 0.15) is 15.9 Å². The third-order valence-electron chi connectivity index (χ3n) is 2.43. The molecule has 5 nitrogen and oxygen atoms in total. The molecule has 1 amide bonds. The standard InChI is InChI=1S/C12H11ClN2O3S2/c1-8-2-4-9(5-3-8)12(16)14-15-20(17,18)11-7-6-10(13)19-11/h2-7,15H,1H3,(H,14,16). The molecule has 0 radical (unpaired) electrons. The molecule has 2 aromatic rings. The SMILES string of the molecule is Cc1ccc(C(=O)NNS(=O)(=O)c2ccc(Cl)s2)cc1. The van der Waals surface area contributed by atoms with Crippen LogP contribution in [0.4, 0.5) is 0 Å². The number of hydrazine groups is 1. The molecule has 8 heteroatoms. The van der Waals surface area contributed by atoms with Gasteiger partial charge in [-0.25, -0.2) is 8.42 Å². The van der Waals surface area contributed by atoms with Crippen LogP contribution < -0.4 is 10.3 Å². The van der Waals surface area contributed by atoms with E-state index in [0.29, 0.717) is 9.90 Å². The first kappa shape index (κ1) is 15.0. The van der Waals surface area contributed by atoms with Crippen LogP contribution in [0.3, 0.4) is 0 Å². The number of hydrogen-bond acceptors (Lipinski definition) is 4. The molecule has 0 saturated heterocycles. The van der Waals surface area contributed by atoms with E-state index in [1.54, 1.807) is 24.3 Å². The number of benzene rings is 1. The summed E-state index contributed by atoms with van der Waals surface area (Å²) in [6.07, 6.45) is 0. The average Bonchev–Trinajstić information content (AvgIpc) is 2.84. The zero-order chi connectivity index (χ0) is 14.8. The van der Waals surface area contributed by atoms with Crippen molar-refractivity contribution in [3.63, 3.8) is 0 Å². The van der Waals surface area contributed by atoms with E-state index in [4.69, 9.17) is 11.6 Å². The molecule has 1 aromatic heterocycles. The summed E-state index contributed by atoms with van der Waals surface area (Å²) in [4.78, 5) is 13.8. The first-order valence-corrected chi connectivity index (χ1v) is 8.20. The summed E-state index contributed by atoms with van der Waals surface area (Å²) < 4.78 is 24.1. The van der Waals surface area contributed by atoms with Gasteiger partial charge in [0, 0.05) is 5.56 Å². The van der Waals surface area contributed by atoms with Crippen LogP contribution in [-0.4, -0.2) is 14.3 Å². The molecule has 2 N–H and O–H groups in total. The molecule has 0 atom stereocenters. The van der Waals surface area contributed by atoms with Crippen LogP contribution in [0.5, 0.6) is 0 Å². The predicted octanol–water partition coefficient (Wildman–Crippen LogP) is 2.33. The summed E-state index contributed by atoms with van der Waals surface area (Å²) in [7, 11) is -3.80. The quantitative estimate of drug-likeness (QED) is 0.845. The fourth-order valence-corrected chi connectivity index (χ4v) is 3.71. The molecule has 0 saturated carbocycles. The van der Waals surface area contributed by atoms with Crippen LogP contribution in [0.25, 0.3) is 0 Å². The summed E-state index contributed by atoms with van der Waals surface area (Å²) in [5, 5.41) is 0. The van der Waals surface area contributed by atoms with Crippen LogP contribution >= 0.6 is 22.9 Å². The van der Waals surface area contributed by atoms with E-state index in [1.807, 2.05) is 11.8 Å². The van der Waals surface area contributed by atoms with Gasteiger partial charge in [0.05, 0.1) is 4.34 Å².